The number of aliphatic hydroxyl groups excluding tert-OH is 3. The molecule has 1 aromatic heterocycles. The molecule has 33 heavy (non-hydrogen) atoms. The molecule has 0 amide bonds. The maximum absolute atomic E-state index is 12.5. The van der Waals surface area contributed by atoms with Gasteiger partial charge in [0.2, 0.25) is 5.75 Å². The molecule has 0 aliphatic carbocycles. The van der Waals surface area contributed by atoms with Crippen molar-refractivity contribution in [3.8, 4) is 28.6 Å². The molecule has 0 bridgehead atoms. The van der Waals surface area contributed by atoms with Crippen LogP contribution in [0.4, 0.5) is 0 Å². The molecule has 1 saturated heterocycles. The molecule has 0 spiro atoms. The summed E-state index contributed by atoms with van der Waals surface area (Å²) in [5, 5.41) is 69.7. The van der Waals surface area contributed by atoms with Gasteiger partial charge in [-0.15, -0.1) is 0 Å². The van der Waals surface area contributed by atoms with E-state index in [1.807, 2.05) is 0 Å². The van der Waals surface area contributed by atoms with E-state index < -0.39 is 64.4 Å². The molecule has 1 aliphatic rings. The van der Waals surface area contributed by atoms with E-state index in [4.69, 9.17) is 19.0 Å². The number of hydrogen-bond donors (Lipinski definition) is 7. The Kier molecular flexibility index (Phi) is 5.47. The molecule has 12 heteroatoms. The first-order valence-corrected chi connectivity index (χ1v) is 9.48. The van der Waals surface area contributed by atoms with Crippen LogP contribution in [0.2, 0.25) is 0 Å². The quantitative estimate of drug-likeness (QED) is 0.193. The van der Waals surface area contributed by atoms with Gasteiger partial charge in [-0.05, 0) is 0 Å². The number of carboxylic acids is 1. The number of benzene rings is 2. The average molecular weight is 462 g/mol. The van der Waals surface area contributed by atoms with Gasteiger partial charge < -0.3 is 44.9 Å². The van der Waals surface area contributed by atoms with Crippen molar-refractivity contribution in [2.75, 3.05) is 0 Å². The molecule has 1 fully saturated rings. The largest absolute Gasteiger partial charge is 0.504 e. The van der Waals surface area contributed by atoms with Crippen LogP contribution in [0, 0.1) is 0 Å². The Morgan fingerprint density at radius 1 is 1.00 bits per heavy atom. The zero-order chi connectivity index (χ0) is 24.1. The van der Waals surface area contributed by atoms with Gasteiger partial charge in [-0.3, -0.25) is 9.53 Å². The first-order valence-electron chi connectivity index (χ1n) is 9.48. The van der Waals surface area contributed by atoms with E-state index >= 15 is 0 Å². The van der Waals surface area contributed by atoms with Gasteiger partial charge in [0.25, 0.3) is 0 Å². The minimum Gasteiger partial charge on any atom is -0.504 e. The maximum atomic E-state index is 12.5. The number of hydrogen-bond acceptors (Lipinski definition) is 11. The summed E-state index contributed by atoms with van der Waals surface area (Å²) < 4.78 is 15.4. The van der Waals surface area contributed by atoms with Crippen molar-refractivity contribution in [3.63, 3.8) is 0 Å². The molecule has 0 unspecified atom stereocenters. The molecule has 2 heterocycles. The number of carboxylic acid groups (broad SMARTS) is 1. The summed E-state index contributed by atoms with van der Waals surface area (Å²) in [6, 6.07) is 10.4. The maximum Gasteiger partial charge on any atom is 0.356 e. The van der Waals surface area contributed by atoms with E-state index in [-0.39, 0.29) is 11.3 Å². The number of aromatic hydroxyl groups is 2. The van der Waals surface area contributed by atoms with Crippen molar-refractivity contribution in [1.82, 2.24) is 0 Å². The van der Waals surface area contributed by atoms with Gasteiger partial charge in [-0.2, -0.15) is 0 Å². The molecule has 7 N–H and O–H groups in total. The fraction of sp³-hybridized carbons (Fsp3) is 0.238. The SMILES string of the molecule is O=C(O)[C@H]1O[C@@](O)(Oc2cc3oc(-c4ccccc4)cc(=O)c3c(O)c2O)[C@H](O)[C@@H](O)[C@@H]1O. The molecule has 1 aliphatic heterocycles. The van der Waals surface area contributed by atoms with Gasteiger partial charge in [0.1, 0.15) is 28.9 Å². The van der Waals surface area contributed by atoms with Gasteiger partial charge in [-0.25, -0.2) is 4.79 Å². The summed E-state index contributed by atoms with van der Waals surface area (Å²) in [6.45, 7) is 0. The van der Waals surface area contributed by atoms with Crippen molar-refractivity contribution in [2.24, 2.45) is 0 Å². The van der Waals surface area contributed by atoms with Gasteiger partial charge in [0.15, 0.2) is 29.1 Å². The van der Waals surface area contributed by atoms with Crippen molar-refractivity contribution in [2.45, 2.75) is 30.4 Å². The topological polar surface area (TPSA) is 207 Å². The standard InChI is InChI=1S/C21H18O12/c22-9-6-10(8-4-2-1-3-5-8)31-11-7-12(14(23)15(24)13(9)11)32-21(30)19(27)17(26)16(25)18(33-21)20(28)29/h1-7,16-19,23-27,30H,(H,28,29)/t16-,17-,18-,19+,21-/m0/s1. The number of carbonyl (C=O) groups is 1. The van der Waals surface area contributed by atoms with Crippen LogP contribution < -0.4 is 10.2 Å². The van der Waals surface area contributed by atoms with Crippen LogP contribution in [0.15, 0.2) is 51.7 Å². The Labute approximate surface area is 183 Å². The number of aliphatic hydroxyl groups is 4. The Balaban J connectivity index is 1.81. The lowest BCUT2D eigenvalue weighted by molar-refractivity contribution is -0.415. The lowest BCUT2D eigenvalue weighted by Gasteiger charge is -2.43. The van der Waals surface area contributed by atoms with Crippen molar-refractivity contribution in [3.05, 3.63) is 52.7 Å². The average Bonchev–Trinajstić information content (AvgIpc) is 2.78. The lowest BCUT2D eigenvalue weighted by Crippen LogP contribution is -2.68. The number of fused-ring (bicyclic) bond motifs is 1. The third-order valence-electron chi connectivity index (χ3n) is 5.14. The smallest absolute Gasteiger partial charge is 0.356 e. The van der Waals surface area contributed by atoms with Crippen molar-refractivity contribution in [1.29, 1.82) is 0 Å². The van der Waals surface area contributed by atoms with Crippen LogP contribution >= 0.6 is 0 Å². The first kappa shape index (κ1) is 22.5. The molecule has 3 aromatic rings. The highest BCUT2D eigenvalue weighted by Gasteiger charge is 2.57. The molecular formula is C21H18O12. The van der Waals surface area contributed by atoms with Gasteiger partial charge >= 0.3 is 11.9 Å². The number of ether oxygens (including phenoxy) is 2. The third-order valence-corrected chi connectivity index (χ3v) is 5.14. The third kappa shape index (κ3) is 3.75. The number of phenolic OH excluding ortho intramolecular Hbond substituents is 2. The fourth-order valence-electron chi connectivity index (χ4n) is 3.43. The van der Waals surface area contributed by atoms with Gasteiger partial charge in [0, 0.05) is 17.7 Å². The Morgan fingerprint density at radius 2 is 1.67 bits per heavy atom. The van der Waals surface area contributed by atoms with Crippen molar-refractivity contribution < 1.29 is 54.4 Å². The van der Waals surface area contributed by atoms with E-state index in [0.29, 0.717) is 5.56 Å². The minimum atomic E-state index is -3.28. The molecule has 174 valence electrons. The van der Waals surface area contributed by atoms with Crippen LogP contribution in [-0.4, -0.2) is 72.1 Å². The number of aliphatic carboxylic acids is 1. The predicted molar refractivity (Wildman–Crippen MR) is 107 cm³/mol. The van der Waals surface area contributed by atoms with Gasteiger partial charge in [0.05, 0.1) is 0 Å². The van der Waals surface area contributed by atoms with E-state index in [1.165, 1.54) is 0 Å². The molecule has 5 atom stereocenters. The molecule has 12 nitrogen and oxygen atoms in total. The number of phenols is 2. The minimum absolute atomic E-state index is 0.0984. The zero-order valence-electron chi connectivity index (χ0n) is 16.5. The fourth-order valence-corrected chi connectivity index (χ4v) is 3.43. The summed E-state index contributed by atoms with van der Waals surface area (Å²) >= 11 is 0. The predicted octanol–water partition coefficient (Wildman–Crippen LogP) is -0.538. The van der Waals surface area contributed by atoms with Crippen LogP contribution in [0.5, 0.6) is 17.2 Å². The van der Waals surface area contributed by atoms with Crippen LogP contribution in [0.1, 0.15) is 0 Å². The highest BCUT2D eigenvalue weighted by Crippen LogP contribution is 2.44. The second-order valence-electron chi connectivity index (χ2n) is 7.32. The lowest BCUT2D eigenvalue weighted by atomic mass is 9.97. The van der Waals surface area contributed by atoms with E-state index in [0.717, 1.165) is 12.1 Å². The summed E-state index contributed by atoms with van der Waals surface area (Å²) in [7, 11) is 0. The molecule has 4 rings (SSSR count). The van der Waals surface area contributed by atoms with E-state index in [1.54, 1.807) is 30.3 Å². The molecule has 0 saturated carbocycles. The Hall–Kier alpha value is -3.68. The summed E-state index contributed by atoms with van der Waals surface area (Å²) in [5.41, 5.74) is -0.500. The van der Waals surface area contributed by atoms with Crippen LogP contribution in [0.3, 0.4) is 0 Å². The van der Waals surface area contributed by atoms with Crippen LogP contribution in [0.25, 0.3) is 22.3 Å². The normalized spacial score (nSPS) is 27.4. The molecular weight excluding hydrogens is 444 g/mol. The Morgan fingerprint density at radius 3 is 2.30 bits per heavy atom. The first-order chi connectivity index (χ1) is 15.5. The second kappa shape index (κ2) is 8.03. The van der Waals surface area contributed by atoms with Crippen LogP contribution in [-0.2, 0) is 9.53 Å². The van der Waals surface area contributed by atoms with E-state index in [2.05, 4.69) is 0 Å². The zero-order valence-corrected chi connectivity index (χ0v) is 16.5. The van der Waals surface area contributed by atoms with Crippen molar-refractivity contribution >= 4 is 16.9 Å². The molecule has 2 aromatic carbocycles. The highest BCUT2D eigenvalue weighted by atomic mass is 16.8. The van der Waals surface area contributed by atoms with E-state index in [9.17, 15) is 40.2 Å². The summed E-state index contributed by atoms with van der Waals surface area (Å²) in [6.07, 6.45) is -8.95. The van der Waals surface area contributed by atoms with Gasteiger partial charge in [-0.1, -0.05) is 30.3 Å². The highest BCUT2D eigenvalue weighted by molar-refractivity contribution is 5.89. The molecule has 0 radical (unpaired) electrons. The monoisotopic (exact) mass is 462 g/mol. The number of rotatable bonds is 4. The summed E-state index contributed by atoms with van der Waals surface area (Å²) in [5.74, 6) is -7.82. The summed E-state index contributed by atoms with van der Waals surface area (Å²) in [4.78, 5) is 23.8. The Bertz CT molecular complexity index is 1270. The second-order valence-corrected chi connectivity index (χ2v) is 7.32.